The summed E-state index contributed by atoms with van der Waals surface area (Å²) in [7, 11) is 1.69. The molecule has 0 aromatic carbocycles. The van der Waals surface area contributed by atoms with Crippen LogP contribution in [0.2, 0.25) is 0 Å². The van der Waals surface area contributed by atoms with Crippen LogP contribution < -0.4 is 10.1 Å². The normalized spacial score (nSPS) is 10.3. The molecule has 0 aliphatic rings. The Bertz CT molecular complexity index is 349. The Morgan fingerprint density at radius 3 is 2.83 bits per heavy atom. The number of ether oxygens (including phenoxy) is 2. The third-order valence-electron chi connectivity index (χ3n) is 2.38. The molecular formula is C14H22N2O2. The topological polar surface area (TPSA) is 43.4 Å². The predicted octanol–water partition coefficient (Wildman–Crippen LogP) is 2.16. The number of hydrogen-bond acceptors (Lipinski definition) is 4. The van der Waals surface area contributed by atoms with Gasteiger partial charge in [-0.1, -0.05) is 5.57 Å². The van der Waals surface area contributed by atoms with Crippen LogP contribution in [0.3, 0.4) is 0 Å². The van der Waals surface area contributed by atoms with Gasteiger partial charge in [-0.3, -0.25) is 4.98 Å². The predicted molar refractivity (Wildman–Crippen MR) is 72.7 cm³/mol. The summed E-state index contributed by atoms with van der Waals surface area (Å²) in [5.74, 6) is 0.803. The van der Waals surface area contributed by atoms with Crippen molar-refractivity contribution in [2.24, 2.45) is 0 Å². The van der Waals surface area contributed by atoms with Gasteiger partial charge in [0, 0.05) is 26.6 Å². The number of pyridine rings is 1. The van der Waals surface area contributed by atoms with E-state index in [1.54, 1.807) is 13.3 Å². The molecule has 1 N–H and O–H groups in total. The van der Waals surface area contributed by atoms with Crippen molar-refractivity contribution >= 4 is 0 Å². The Hall–Kier alpha value is -1.39. The summed E-state index contributed by atoms with van der Waals surface area (Å²) in [6, 6.07) is 3.91. The molecule has 0 aliphatic heterocycles. The lowest BCUT2D eigenvalue weighted by Gasteiger charge is -2.07. The molecule has 0 amide bonds. The van der Waals surface area contributed by atoms with Gasteiger partial charge in [0.1, 0.15) is 5.75 Å². The first-order chi connectivity index (χ1) is 8.72. The third-order valence-corrected chi connectivity index (χ3v) is 2.38. The Balaban J connectivity index is 2.26. The lowest BCUT2D eigenvalue weighted by molar-refractivity contribution is 0.199. The highest BCUT2D eigenvalue weighted by Gasteiger charge is 1.97. The summed E-state index contributed by atoms with van der Waals surface area (Å²) in [4.78, 5) is 4.32. The number of methoxy groups -OCH3 is 1. The highest BCUT2D eigenvalue weighted by Crippen LogP contribution is 2.10. The van der Waals surface area contributed by atoms with Gasteiger partial charge in [0.05, 0.1) is 25.1 Å². The number of nitrogens with one attached hydrogen (secondary N) is 1. The van der Waals surface area contributed by atoms with Crippen LogP contribution in [0.1, 0.15) is 19.0 Å². The molecular weight excluding hydrogens is 228 g/mol. The molecule has 0 atom stereocenters. The fourth-order valence-corrected chi connectivity index (χ4v) is 1.33. The van der Waals surface area contributed by atoms with Gasteiger partial charge in [0.15, 0.2) is 0 Å². The molecule has 1 rings (SSSR count). The van der Waals surface area contributed by atoms with Crippen molar-refractivity contribution in [2.45, 2.75) is 19.9 Å². The van der Waals surface area contributed by atoms with E-state index in [0.29, 0.717) is 13.2 Å². The highest BCUT2D eigenvalue weighted by molar-refractivity contribution is 5.19. The number of nitrogens with zero attached hydrogens (tertiary/aromatic N) is 1. The average Bonchev–Trinajstić information content (AvgIpc) is 2.36. The van der Waals surface area contributed by atoms with Crippen LogP contribution in [0.5, 0.6) is 5.75 Å². The van der Waals surface area contributed by atoms with Crippen LogP contribution >= 0.6 is 0 Å². The zero-order valence-corrected chi connectivity index (χ0v) is 11.2. The SMILES string of the molecule is C=C(C)CCOc1ccc(CNCCOC)nc1. The molecule has 1 aromatic heterocycles. The summed E-state index contributed by atoms with van der Waals surface area (Å²) in [5.41, 5.74) is 2.13. The lowest BCUT2D eigenvalue weighted by atomic mass is 10.3. The van der Waals surface area contributed by atoms with E-state index < -0.39 is 0 Å². The molecule has 4 heteroatoms. The molecule has 1 heterocycles. The van der Waals surface area contributed by atoms with Crippen LogP contribution in [-0.2, 0) is 11.3 Å². The van der Waals surface area contributed by atoms with Crippen LogP contribution in [0.25, 0.3) is 0 Å². The molecule has 4 nitrogen and oxygen atoms in total. The van der Waals surface area contributed by atoms with E-state index in [4.69, 9.17) is 9.47 Å². The molecule has 0 spiro atoms. The average molecular weight is 250 g/mol. The van der Waals surface area contributed by atoms with E-state index in [1.165, 1.54) is 0 Å². The quantitative estimate of drug-likeness (QED) is 0.539. The Kier molecular flexibility index (Phi) is 7.06. The largest absolute Gasteiger partial charge is 0.492 e. The van der Waals surface area contributed by atoms with E-state index in [9.17, 15) is 0 Å². The van der Waals surface area contributed by atoms with E-state index in [2.05, 4.69) is 16.9 Å². The Labute approximate surface area is 109 Å². The van der Waals surface area contributed by atoms with Crippen molar-refractivity contribution < 1.29 is 9.47 Å². The second-order valence-corrected chi connectivity index (χ2v) is 4.21. The number of rotatable bonds is 9. The standard InChI is InChI=1S/C14H22N2O2/c1-12(2)6-8-18-14-5-4-13(16-11-14)10-15-7-9-17-3/h4-5,11,15H,1,6-10H2,2-3H3. The summed E-state index contributed by atoms with van der Waals surface area (Å²) in [6.45, 7) is 8.77. The first kappa shape index (κ1) is 14.7. The van der Waals surface area contributed by atoms with E-state index in [-0.39, 0.29) is 0 Å². The number of aromatic nitrogens is 1. The van der Waals surface area contributed by atoms with Gasteiger partial charge in [-0.25, -0.2) is 0 Å². The van der Waals surface area contributed by atoms with Gasteiger partial charge in [-0.05, 0) is 19.1 Å². The van der Waals surface area contributed by atoms with E-state index in [0.717, 1.165) is 36.5 Å². The Morgan fingerprint density at radius 1 is 1.39 bits per heavy atom. The van der Waals surface area contributed by atoms with Crippen molar-refractivity contribution in [1.29, 1.82) is 0 Å². The summed E-state index contributed by atoms with van der Waals surface area (Å²) >= 11 is 0. The maximum absolute atomic E-state index is 5.55. The zero-order valence-electron chi connectivity index (χ0n) is 11.2. The van der Waals surface area contributed by atoms with Gasteiger partial charge >= 0.3 is 0 Å². The van der Waals surface area contributed by atoms with Crippen molar-refractivity contribution in [3.63, 3.8) is 0 Å². The maximum Gasteiger partial charge on any atom is 0.137 e. The van der Waals surface area contributed by atoms with Crippen LogP contribution in [0.15, 0.2) is 30.5 Å². The summed E-state index contributed by atoms with van der Waals surface area (Å²) in [6.07, 6.45) is 2.63. The number of hydrogen-bond donors (Lipinski definition) is 1. The van der Waals surface area contributed by atoms with Crippen molar-refractivity contribution in [3.05, 3.63) is 36.2 Å². The molecule has 0 aliphatic carbocycles. The van der Waals surface area contributed by atoms with Crippen LogP contribution in [0.4, 0.5) is 0 Å². The second kappa shape index (κ2) is 8.66. The monoisotopic (exact) mass is 250 g/mol. The molecule has 100 valence electrons. The van der Waals surface area contributed by atoms with Gasteiger partial charge in [-0.2, -0.15) is 0 Å². The highest BCUT2D eigenvalue weighted by atomic mass is 16.5. The second-order valence-electron chi connectivity index (χ2n) is 4.21. The maximum atomic E-state index is 5.55. The fourth-order valence-electron chi connectivity index (χ4n) is 1.33. The minimum absolute atomic E-state index is 0.655. The van der Waals surface area contributed by atoms with Gasteiger partial charge < -0.3 is 14.8 Å². The van der Waals surface area contributed by atoms with Gasteiger partial charge in [0.25, 0.3) is 0 Å². The first-order valence-electron chi connectivity index (χ1n) is 6.14. The molecule has 1 aromatic rings. The zero-order chi connectivity index (χ0) is 13.2. The lowest BCUT2D eigenvalue weighted by Crippen LogP contribution is -2.19. The molecule has 0 bridgehead atoms. The fraction of sp³-hybridized carbons (Fsp3) is 0.500. The molecule has 0 fully saturated rings. The summed E-state index contributed by atoms with van der Waals surface area (Å²) in [5, 5.41) is 3.24. The molecule has 0 saturated heterocycles. The van der Waals surface area contributed by atoms with Crippen LogP contribution in [0, 0.1) is 0 Å². The smallest absolute Gasteiger partial charge is 0.137 e. The molecule has 0 saturated carbocycles. The minimum atomic E-state index is 0.655. The summed E-state index contributed by atoms with van der Waals surface area (Å²) < 4.78 is 10.5. The first-order valence-corrected chi connectivity index (χ1v) is 6.14. The molecule has 18 heavy (non-hydrogen) atoms. The molecule has 0 radical (unpaired) electrons. The van der Waals surface area contributed by atoms with Crippen molar-refractivity contribution in [2.75, 3.05) is 26.9 Å². The molecule has 0 unspecified atom stereocenters. The van der Waals surface area contributed by atoms with E-state index >= 15 is 0 Å². The van der Waals surface area contributed by atoms with Crippen molar-refractivity contribution in [1.82, 2.24) is 10.3 Å². The van der Waals surface area contributed by atoms with Gasteiger partial charge in [-0.15, -0.1) is 6.58 Å². The minimum Gasteiger partial charge on any atom is -0.492 e. The third kappa shape index (κ3) is 6.37. The van der Waals surface area contributed by atoms with Gasteiger partial charge in [0.2, 0.25) is 0 Å². The van der Waals surface area contributed by atoms with E-state index in [1.807, 2.05) is 19.1 Å². The van der Waals surface area contributed by atoms with Crippen molar-refractivity contribution in [3.8, 4) is 5.75 Å². The Morgan fingerprint density at radius 2 is 2.22 bits per heavy atom. The van der Waals surface area contributed by atoms with Crippen LogP contribution in [-0.4, -0.2) is 31.9 Å².